The molecule has 21 heavy (non-hydrogen) atoms. The molecule has 112 valence electrons. The number of esters is 1. The molecule has 6 heteroatoms. The van der Waals surface area contributed by atoms with Gasteiger partial charge in [0.05, 0.1) is 11.4 Å². The standard InChI is InChI=1S/C15H19N3O3/c1-3-18-14(13(16)11(2)17-18)15(19)21-10-9-20-12-7-5-4-6-8-12/h4-8H,3,9-10,16H2,1-2H3. The Kier molecular flexibility index (Phi) is 4.81. The third-order valence-corrected chi connectivity index (χ3v) is 3.00. The number of carbonyl (C=O) groups excluding carboxylic acids is 1. The maximum Gasteiger partial charge on any atom is 0.358 e. The first-order chi connectivity index (χ1) is 10.1. The Labute approximate surface area is 123 Å². The molecule has 1 aromatic heterocycles. The fraction of sp³-hybridized carbons (Fsp3) is 0.333. The number of aromatic nitrogens is 2. The highest BCUT2D eigenvalue weighted by atomic mass is 16.6. The van der Waals surface area contributed by atoms with Crippen molar-refractivity contribution in [2.24, 2.45) is 0 Å². The highest BCUT2D eigenvalue weighted by Gasteiger charge is 2.20. The van der Waals surface area contributed by atoms with E-state index in [1.807, 2.05) is 37.3 Å². The van der Waals surface area contributed by atoms with Gasteiger partial charge in [0.15, 0.2) is 5.69 Å². The van der Waals surface area contributed by atoms with Crippen molar-refractivity contribution >= 4 is 11.7 Å². The molecule has 0 radical (unpaired) electrons. The predicted molar refractivity (Wildman–Crippen MR) is 79.3 cm³/mol. The summed E-state index contributed by atoms with van der Waals surface area (Å²) in [6, 6.07) is 9.35. The summed E-state index contributed by atoms with van der Waals surface area (Å²) in [7, 11) is 0. The van der Waals surface area contributed by atoms with Crippen LogP contribution in [0, 0.1) is 6.92 Å². The molecule has 0 unspecified atom stereocenters. The van der Waals surface area contributed by atoms with Crippen LogP contribution in [0.1, 0.15) is 23.1 Å². The number of para-hydroxylation sites is 1. The average molecular weight is 289 g/mol. The first kappa shape index (κ1) is 14.9. The average Bonchev–Trinajstić information content (AvgIpc) is 2.79. The summed E-state index contributed by atoms with van der Waals surface area (Å²) in [5.41, 5.74) is 7.16. The Balaban J connectivity index is 1.88. The van der Waals surface area contributed by atoms with Crippen LogP contribution in [0.3, 0.4) is 0 Å². The van der Waals surface area contributed by atoms with E-state index < -0.39 is 5.97 Å². The minimum absolute atomic E-state index is 0.154. The second kappa shape index (κ2) is 6.78. The molecule has 0 saturated heterocycles. The number of nitrogens with zero attached hydrogens (tertiary/aromatic N) is 2. The van der Waals surface area contributed by atoms with Gasteiger partial charge in [0.1, 0.15) is 19.0 Å². The Morgan fingerprint density at radius 1 is 1.29 bits per heavy atom. The van der Waals surface area contributed by atoms with Gasteiger partial charge in [0.25, 0.3) is 0 Å². The van der Waals surface area contributed by atoms with Gasteiger partial charge in [0, 0.05) is 6.54 Å². The second-order valence-electron chi connectivity index (χ2n) is 4.46. The van der Waals surface area contributed by atoms with Crippen molar-refractivity contribution in [1.29, 1.82) is 0 Å². The van der Waals surface area contributed by atoms with E-state index in [-0.39, 0.29) is 13.2 Å². The molecule has 0 amide bonds. The molecule has 0 saturated carbocycles. The first-order valence-corrected chi connectivity index (χ1v) is 6.81. The molecule has 0 bridgehead atoms. The summed E-state index contributed by atoms with van der Waals surface area (Å²) in [6.07, 6.45) is 0. The van der Waals surface area contributed by atoms with Crippen molar-refractivity contribution in [2.75, 3.05) is 18.9 Å². The lowest BCUT2D eigenvalue weighted by Crippen LogP contribution is -2.17. The molecule has 0 fully saturated rings. The van der Waals surface area contributed by atoms with Gasteiger partial charge in [-0.15, -0.1) is 0 Å². The molecular formula is C15H19N3O3. The lowest BCUT2D eigenvalue weighted by molar-refractivity contribution is 0.0438. The maximum absolute atomic E-state index is 12.1. The van der Waals surface area contributed by atoms with Crippen molar-refractivity contribution in [1.82, 2.24) is 9.78 Å². The lowest BCUT2D eigenvalue weighted by Gasteiger charge is -2.08. The van der Waals surface area contributed by atoms with E-state index in [9.17, 15) is 4.79 Å². The zero-order valence-corrected chi connectivity index (χ0v) is 12.2. The largest absolute Gasteiger partial charge is 0.490 e. The van der Waals surface area contributed by atoms with E-state index in [4.69, 9.17) is 15.2 Å². The number of benzene rings is 1. The van der Waals surface area contributed by atoms with Crippen LogP contribution in [0.25, 0.3) is 0 Å². The van der Waals surface area contributed by atoms with Crippen LogP contribution in [0.5, 0.6) is 5.75 Å². The Bertz CT molecular complexity index is 608. The van der Waals surface area contributed by atoms with Crippen molar-refractivity contribution in [3.63, 3.8) is 0 Å². The zero-order valence-electron chi connectivity index (χ0n) is 12.2. The minimum Gasteiger partial charge on any atom is -0.490 e. The van der Waals surface area contributed by atoms with Crippen LogP contribution in [0.4, 0.5) is 5.69 Å². The number of hydrogen-bond acceptors (Lipinski definition) is 5. The van der Waals surface area contributed by atoms with Crippen LogP contribution in [0.2, 0.25) is 0 Å². The summed E-state index contributed by atoms with van der Waals surface area (Å²) < 4.78 is 12.2. The fourth-order valence-electron chi connectivity index (χ4n) is 1.92. The predicted octanol–water partition coefficient (Wildman–Crippen LogP) is 2.03. The van der Waals surface area contributed by atoms with Crippen molar-refractivity contribution in [2.45, 2.75) is 20.4 Å². The topological polar surface area (TPSA) is 79.4 Å². The molecular weight excluding hydrogens is 270 g/mol. The minimum atomic E-state index is -0.480. The summed E-state index contributed by atoms with van der Waals surface area (Å²) >= 11 is 0. The van der Waals surface area contributed by atoms with Crippen molar-refractivity contribution in [3.8, 4) is 5.75 Å². The molecule has 2 rings (SSSR count). The molecule has 1 aromatic carbocycles. The molecule has 0 spiro atoms. The van der Waals surface area contributed by atoms with Gasteiger partial charge >= 0.3 is 5.97 Å². The van der Waals surface area contributed by atoms with Crippen molar-refractivity contribution < 1.29 is 14.3 Å². The SMILES string of the molecule is CCn1nc(C)c(N)c1C(=O)OCCOc1ccccc1. The van der Waals surface area contributed by atoms with Crippen molar-refractivity contribution in [3.05, 3.63) is 41.7 Å². The number of nitrogen functional groups attached to an aromatic ring is 1. The smallest absolute Gasteiger partial charge is 0.358 e. The number of ether oxygens (including phenoxy) is 2. The van der Waals surface area contributed by atoms with Gasteiger partial charge in [-0.3, -0.25) is 4.68 Å². The number of carbonyl (C=O) groups is 1. The lowest BCUT2D eigenvalue weighted by atomic mass is 10.3. The first-order valence-electron chi connectivity index (χ1n) is 6.81. The van der Waals surface area contributed by atoms with Gasteiger partial charge in [-0.05, 0) is 26.0 Å². The summed E-state index contributed by atoms with van der Waals surface area (Å²) in [6.45, 7) is 4.65. The van der Waals surface area contributed by atoms with E-state index in [1.54, 1.807) is 11.6 Å². The van der Waals surface area contributed by atoms with Gasteiger partial charge in [-0.25, -0.2) is 4.79 Å². The number of nitrogens with two attached hydrogens (primary N) is 1. The molecule has 0 aliphatic heterocycles. The van der Waals surface area contributed by atoms with E-state index >= 15 is 0 Å². The van der Waals surface area contributed by atoms with Gasteiger partial charge in [-0.2, -0.15) is 5.10 Å². The Morgan fingerprint density at radius 3 is 2.67 bits per heavy atom. The Morgan fingerprint density at radius 2 is 2.00 bits per heavy atom. The number of aryl methyl sites for hydroxylation is 2. The zero-order chi connectivity index (χ0) is 15.2. The van der Waals surface area contributed by atoms with Crippen LogP contribution < -0.4 is 10.5 Å². The highest BCUT2D eigenvalue weighted by Crippen LogP contribution is 2.17. The summed E-state index contributed by atoms with van der Waals surface area (Å²) in [5, 5.41) is 4.19. The second-order valence-corrected chi connectivity index (χ2v) is 4.46. The molecule has 0 atom stereocenters. The Hall–Kier alpha value is -2.50. The van der Waals surface area contributed by atoms with Gasteiger partial charge in [0.2, 0.25) is 0 Å². The normalized spacial score (nSPS) is 10.4. The number of anilines is 1. The van der Waals surface area contributed by atoms with Crippen LogP contribution in [-0.4, -0.2) is 29.0 Å². The third-order valence-electron chi connectivity index (χ3n) is 3.00. The monoisotopic (exact) mass is 289 g/mol. The molecule has 0 aliphatic rings. The highest BCUT2D eigenvalue weighted by molar-refractivity contribution is 5.93. The van der Waals surface area contributed by atoms with Gasteiger partial charge < -0.3 is 15.2 Å². The molecule has 6 nitrogen and oxygen atoms in total. The third kappa shape index (κ3) is 3.53. The quantitative estimate of drug-likeness (QED) is 0.650. The fourth-order valence-corrected chi connectivity index (χ4v) is 1.92. The molecule has 2 aromatic rings. The maximum atomic E-state index is 12.1. The van der Waals surface area contributed by atoms with E-state index in [0.29, 0.717) is 23.6 Å². The van der Waals surface area contributed by atoms with Crippen LogP contribution in [-0.2, 0) is 11.3 Å². The number of rotatable bonds is 6. The molecule has 1 heterocycles. The summed E-state index contributed by atoms with van der Waals surface area (Å²) in [4.78, 5) is 12.1. The number of hydrogen-bond donors (Lipinski definition) is 1. The summed E-state index contributed by atoms with van der Waals surface area (Å²) in [5.74, 6) is 0.258. The van der Waals surface area contributed by atoms with E-state index in [2.05, 4.69) is 5.10 Å². The van der Waals surface area contributed by atoms with Gasteiger partial charge in [-0.1, -0.05) is 18.2 Å². The van der Waals surface area contributed by atoms with E-state index in [0.717, 1.165) is 5.75 Å². The molecule has 2 N–H and O–H groups in total. The van der Waals surface area contributed by atoms with Crippen LogP contribution in [0.15, 0.2) is 30.3 Å². The molecule has 0 aliphatic carbocycles. The van der Waals surface area contributed by atoms with Crippen LogP contribution >= 0.6 is 0 Å². The van der Waals surface area contributed by atoms with E-state index in [1.165, 1.54) is 0 Å².